The first-order valence-electron chi connectivity index (χ1n) is 4.85. The Balaban J connectivity index is 2.29. The molecule has 1 aromatic heterocycles. The van der Waals surface area contributed by atoms with E-state index in [1.54, 1.807) is 6.07 Å². The van der Waals surface area contributed by atoms with Crippen LogP contribution in [-0.2, 0) is 0 Å². The fourth-order valence-electron chi connectivity index (χ4n) is 1.40. The van der Waals surface area contributed by atoms with E-state index in [0.29, 0.717) is 0 Å². The van der Waals surface area contributed by atoms with E-state index in [2.05, 4.69) is 15.5 Å². The fraction of sp³-hybridized carbons (Fsp3) is 0.182. The van der Waals surface area contributed by atoms with Crippen LogP contribution >= 0.6 is 0 Å². The molecule has 78 valence electrons. The Morgan fingerprint density at radius 1 is 1.40 bits per heavy atom. The van der Waals surface area contributed by atoms with Gasteiger partial charge in [0, 0.05) is 18.2 Å². The molecule has 2 rings (SSSR count). The van der Waals surface area contributed by atoms with Gasteiger partial charge in [-0.1, -0.05) is 12.1 Å². The molecule has 0 saturated carbocycles. The van der Waals surface area contributed by atoms with Gasteiger partial charge in [-0.25, -0.2) is 4.39 Å². The fourth-order valence-corrected chi connectivity index (χ4v) is 1.40. The van der Waals surface area contributed by atoms with Crippen LogP contribution in [0.2, 0.25) is 0 Å². The van der Waals surface area contributed by atoms with Crippen molar-refractivity contribution in [1.29, 1.82) is 0 Å². The van der Waals surface area contributed by atoms with Crippen molar-refractivity contribution in [3.63, 3.8) is 0 Å². The van der Waals surface area contributed by atoms with Gasteiger partial charge in [0.1, 0.15) is 11.6 Å². The SMILES string of the molecule is CCNc1cc(-c2cccc(F)c2)[nH]n1. The lowest BCUT2D eigenvalue weighted by Gasteiger charge is -1.96. The topological polar surface area (TPSA) is 40.7 Å². The number of halogens is 1. The van der Waals surface area contributed by atoms with Crippen molar-refractivity contribution in [1.82, 2.24) is 10.2 Å². The Bertz CT molecular complexity index is 451. The minimum Gasteiger partial charge on any atom is -0.369 e. The van der Waals surface area contributed by atoms with Crippen LogP contribution in [0.3, 0.4) is 0 Å². The van der Waals surface area contributed by atoms with Crippen LogP contribution in [-0.4, -0.2) is 16.7 Å². The zero-order valence-electron chi connectivity index (χ0n) is 8.42. The number of aromatic nitrogens is 2. The van der Waals surface area contributed by atoms with Crippen molar-refractivity contribution in [2.45, 2.75) is 6.92 Å². The molecule has 0 fully saturated rings. The second-order valence-corrected chi connectivity index (χ2v) is 3.21. The zero-order valence-corrected chi connectivity index (χ0v) is 8.42. The third-order valence-electron chi connectivity index (χ3n) is 2.07. The van der Waals surface area contributed by atoms with Crippen molar-refractivity contribution in [3.05, 3.63) is 36.1 Å². The zero-order chi connectivity index (χ0) is 10.7. The third kappa shape index (κ3) is 2.15. The average molecular weight is 205 g/mol. The van der Waals surface area contributed by atoms with Crippen molar-refractivity contribution in [2.24, 2.45) is 0 Å². The molecule has 0 unspecified atom stereocenters. The lowest BCUT2D eigenvalue weighted by atomic mass is 10.1. The molecule has 0 spiro atoms. The maximum Gasteiger partial charge on any atom is 0.148 e. The van der Waals surface area contributed by atoms with E-state index in [0.717, 1.165) is 23.6 Å². The van der Waals surface area contributed by atoms with E-state index in [4.69, 9.17) is 0 Å². The summed E-state index contributed by atoms with van der Waals surface area (Å²) in [5.74, 6) is 0.531. The van der Waals surface area contributed by atoms with Crippen molar-refractivity contribution < 1.29 is 4.39 Å². The third-order valence-corrected chi connectivity index (χ3v) is 2.07. The van der Waals surface area contributed by atoms with E-state index >= 15 is 0 Å². The molecule has 15 heavy (non-hydrogen) atoms. The predicted octanol–water partition coefficient (Wildman–Crippen LogP) is 2.65. The van der Waals surface area contributed by atoms with Gasteiger partial charge in [-0.15, -0.1) is 0 Å². The molecule has 0 aliphatic carbocycles. The lowest BCUT2D eigenvalue weighted by molar-refractivity contribution is 0.628. The van der Waals surface area contributed by atoms with Crippen LogP contribution in [0.4, 0.5) is 10.2 Å². The van der Waals surface area contributed by atoms with E-state index in [1.807, 2.05) is 19.1 Å². The minimum atomic E-state index is -0.243. The molecule has 0 saturated heterocycles. The highest BCUT2D eigenvalue weighted by Gasteiger charge is 2.03. The summed E-state index contributed by atoms with van der Waals surface area (Å²) in [5, 5.41) is 9.98. The summed E-state index contributed by atoms with van der Waals surface area (Å²) in [5.41, 5.74) is 1.61. The number of aromatic amines is 1. The number of benzene rings is 1. The molecule has 2 aromatic rings. The molecule has 4 heteroatoms. The van der Waals surface area contributed by atoms with E-state index in [9.17, 15) is 4.39 Å². The van der Waals surface area contributed by atoms with Crippen LogP contribution in [0.25, 0.3) is 11.3 Å². The number of rotatable bonds is 3. The number of H-pyrrole nitrogens is 1. The van der Waals surface area contributed by atoms with Gasteiger partial charge < -0.3 is 5.32 Å². The first kappa shape index (κ1) is 9.71. The van der Waals surface area contributed by atoms with Gasteiger partial charge in [-0.3, -0.25) is 5.10 Å². The monoisotopic (exact) mass is 205 g/mol. The van der Waals surface area contributed by atoms with E-state index in [-0.39, 0.29) is 5.82 Å². The Hall–Kier alpha value is -1.84. The van der Waals surface area contributed by atoms with Gasteiger partial charge in [0.15, 0.2) is 0 Å². The van der Waals surface area contributed by atoms with Gasteiger partial charge >= 0.3 is 0 Å². The summed E-state index contributed by atoms with van der Waals surface area (Å²) in [6.07, 6.45) is 0. The lowest BCUT2D eigenvalue weighted by Crippen LogP contribution is -1.95. The van der Waals surface area contributed by atoms with Gasteiger partial charge in [-0.05, 0) is 19.1 Å². The first-order chi connectivity index (χ1) is 7.29. The summed E-state index contributed by atoms with van der Waals surface area (Å²) in [7, 11) is 0. The van der Waals surface area contributed by atoms with Crippen LogP contribution in [0.1, 0.15) is 6.92 Å². The summed E-state index contributed by atoms with van der Waals surface area (Å²) in [6.45, 7) is 2.81. The molecule has 0 radical (unpaired) electrons. The number of nitrogens with one attached hydrogen (secondary N) is 2. The highest BCUT2D eigenvalue weighted by atomic mass is 19.1. The van der Waals surface area contributed by atoms with Crippen molar-refractivity contribution >= 4 is 5.82 Å². The highest BCUT2D eigenvalue weighted by molar-refractivity contribution is 5.62. The highest BCUT2D eigenvalue weighted by Crippen LogP contribution is 2.20. The molecule has 3 nitrogen and oxygen atoms in total. The summed E-state index contributed by atoms with van der Waals surface area (Å²) in [4.78, 5) is 0. The van der Waals surface area contributed by atoms with Crippen molar-refractivity contribution in [2.75, 3.05) is 11.9 Å². The summed E-state index contributed by atoms with van der Waals surface area (Å²) in [6, 6.07) is 8.28. The molecule has 1 aromatic carbocycles. The average Bonchev–Trinajstić information content (AvgIpc) is 2.67. The number of nitrogens with zero attached hydrogens (tertiary/aromatic N) is 1. The van der Waals surface area contributed by atoms with Gasteiger partial charge in [0.05, 0.1) is 5.69 Å². The Kier molecular flexibility index (Phi) is 2.67. The molecule has 0 atom stereocenters. The molecule has 0 bridgehead atoms. The summed E-state index contributed by atoms with van der Waals surface area (Å²) >= 11 is 0. The molecular formula is C11H12FN3. The molecule has 1 heterocycles. The van der Waals surface area contributed by atoms with Crippen LogP contribution in [0, 0.1) is 5.82 Å². The molecule has 2 N–H and O–H groups in total. The molecule has 0 aliphatic heterocycles. The normalized spacial score (nSPS) is 10.3. The maximum absolute atomic E-state index is 13.0. The Morgan fingerprint density at radius 3 is 3.00 bits per heavy atom. The summed E-state index contributed by atoms with van der Waals surface area (Å²) < 4.78 is 13.0. The Labute approximate surface area is 87.3 Å². The first-order valence-corrected chi connectivity index (χ1v) is 4.85. The molecular weight excluding hydrogens is 193 g/mol. The van der Waals surface area contributed by atoms with Crippen molar-refractivity contribution in [3.8, 4) is 11.3 Å². The van der Waals surface area contributed by atoms with E-state index in [1.165, 1.54) is 12.1 Å². The Morgan fingerprint density at radius 2 is 2.27 bits per heavy atom. The second kappa shape index (κ2) is 4.13. The molecule has 0 aliphatic rings. The van der Waals surface area contributed by atoms with Gasteiger partial charge in [-0.2, -0.15) is 5.10 Å². The quantitative estimate of drug-likeness (QED) is 0.808. The standard InChI is InChI=1S/C11H12FN3/c1-2-13-11-7-10(14-15-11)8-4-3-5-9(12)6-8/h3-7H,2H2,1H3,(H2,13,14,15). The number of anilines is 1. The van der Waals surface area contributed by atoms with Crippen LogP contribution in [0.15, 0.2) is 30.3 Å². The smallest absolute Gasteiger partial charge is 0.148 e. The van der Waals surface area contributed by atoms with Crippen LogP contribution < -0.4 is 5.32 Å². The minimum absolute atomic E-state index is 0.243. The largest absolute Gasteiger partial charge is 0.369 e. The number of hydrogen-bond donors (Lipinski definition) is 2. The maximum atomic E-state index is 13.0. The van der Waals surface area contributed by atoms with E-state index < -0.39 is 0 Å². The number of hydrogen-bond acceptors (Lipinski definition) is 2. The predicted molar refractivity (Wildman–Crippen MR) is 58.1 cm³/mol. The second-order valence-electron chi connectivity index (χ2n) is 3.21. The molecule has 0 amide bonds. The van der Waals surface area contributed by atoms with Crippen LogP contribution in [0.5, 0.6) is 0 Å². The van der Waals surface area contributed by atoms with Gasteiger partial charge in [0.2, 0.25) is 0 Å². The van der Waals surface area contributed by atoms with Gasteiger partial charge in [0.25, 0.3) is 0 Å².